The smallest absolute Gasteiger partial charge is 0.329 e. The van der Waals surface area contributed by atoms with E-state index in [0.717, 1.165) is 6.08 Å². The molecule has 3 nitrogen and oxygen atoms in total. The van der Waals surface area contributed by atoms with Gasteiger partial charge < -0.3 is 10.4 Å². The summed E-state index contributed by atoms with van der Waals surface area (Å²) in [6.45, 7) is 2.72. The fourth-order valence-corrected chi connectivity index (χ4v) is 1.72. The molecule has 1 aromatic rings. The SMILES string of the molecule is Cc1cscc1CN/C=C/C(=O)O. The summed E-state index contributed by atoms with van der Waals surface area (Å²) in [7, 11) is 0. The molecular formula is C9H11NO2S. The number of carboxylic acids is 1. The monoisotopic (exact) mass is 197 g/mol. The van der Waals surface area contributed by atoms with Crippen molar-refractivity contribution in [2.75, 3.05) is 0 Å². The highest BCUT2D eigenvalue weighted by molar-refractivity contribution is 7.08. The van der Waals surface area contributed by atoms with Crippen LogP contribution in [0.2, 0.25) is 0 Å². The molecule has 1 aromatic heterocycles. The molecule has 70 valence electrons. The van der Waals surface area contributed by atoms with Crippen molar-refractivity contribution in [1.29, 1.82) is 0 Å². The van der Waals surface area contributed by atoms with Crippen LogP contribution in [0.4, 0.5) is 0 Å². The number of aryl methyl sites for hydroxylation is 1. The summed E-state index contributed by atoms with van der Waals surface area (Å²) in [6.07, 6.45) is 2.53. The lowest BCUT2D eigenvalue weighted by molar-refractivity contribution is -0.131. The van der Waals surface area contributed by atoms with Gasteiger partial charge >= 0.3 is 5.97 Å². The van der Waals surface area contributed by atoms with Gasteiger partial charge in [0, 0.05) is 18.8 Å². The van der Waals surface area contributed by atoms with Crippen LogP contribution in [0.1, 0.15) is 11.1 Å². The first-order valence-electron chi connectivity index (χ1n) is 3.84. The summed E-state index contributed by atoms with van der Waals surface area (Å²) in [6, 6.07) is 0. The molecule has 0 aromatic carbocycles. The van der Waals surface area contributed by atoms with E-state index in [1.54, 1.807) is 11.3 Å². The Kier molecular flexibility index (Phi) is 3.52. The average Bonchev–Trinajstić information content (AvgIpc) is 2.45. The number of thiophene rings is 1. The van der Waals surface area contributed by atoms with E-state index < -0.39 is 5.97 Å². The van der Waals surface area contributed by atoms with Crippen LogP contribution in [0.15, 0.2) is 23.0 Å². The van der Waals surface area contributed by atoms with E-state index in [2.05, 4.69) is 16.1 Å². The summed E-state index contributed by atoms with van der Waals surface area (Å²) in [5.41, 5.74) is 2.45. The van der Waals surface area contributed by atoms with Crippen LogP contribution < -0.4 is 5.32 Å². The number of aliphatic carboxylic acids is 1. The third kappa shape index (κ3) is 3.29. The van der Waals surface area contributed by atoms with Crippen LogP contribution in [-0.4, -0.2) is 11.1 Å². The molecule has 1 rings (SSSR count). The van der Waals surface area contributed by atoms with Crippen molar-refractivity contribution < 1.29 is 9.90 Å². The van der Waals surface area contributed by atoms with Crippen LogP contribution in [0.5, 0.6) is 0 Å². The molecule has 0 atom stereocenters. The predicted molar refractivity (Wildman–Crippen MR) is 52.7 cm³/mol. The Morgan fingerprint density at radius 2 is 2.46 bits per heavy atom. The van der Waals surface area contributed by atoms with Gasteiger partial charge in [0.1, 0.15) is 0 Å². The predicted octanol–water partition coefficient (Wildman–Crippen LogP) is 1.74. The Morgan fingerprint density at radius 1 is 1.69 bits per heavy atom. The Morgan fingerprint density at radius 3 is 3.00 bits per heavy atom. The molecule has 0 aliphatic heterocycles. The average molecular weight is 197 g/mol. The Bertz CT molecular complexity index is 317. The summed E-state index contributed by atoms with van der Waals surface area (Å²) in [5, 5.41) is 15.3. The van der Waals surface area contributed by atoms with Gasteiger partial charge in [-0.05, 0) is 28.8 Å². The van der Waals surface area contributed by atoms with Crippen molar-refractivity contribution in [3.63, 3.8) is 0 Å². The highest BCUT2D eigenvalue weighted by Crippen LogP contribution is 2.12. The second-order valence-corrected chi connectivity index (χ2v) is 3.38. The topological polar surface area (TPSA) is 49.3 Å². The van der Waals surface area contributed by atoms with Gasteiger partial charge in [-0.25, -0.2) is 4.79 Å². The second-order valence-electron chi connectivity index (χ2n) is 2.63. The quantitative estimate of drug-likeness (QED) is 0.723. The fourth-order valence-electron chi connectivity index (χ4n) is 0.867. The summed E-state index contributed by atoms with van der Waals surface area (Å²) < 4.78 is 0. The molecule has 0 unspecified atom stereocenters. The molecule has 13 heavy (non-hydrogen) atoms. The Balaban J connectivity index is 2.36. The van der Waals surface area contributed by atoms with Gasteiger partial charge in [0.25, 0.3) is 0 Å². The maximum Gasteiger partial charge on any atom is 0.329 e. The summed E-state index contributed by atoms with van der Waals surface area (Å²) in [5.74, 6) is -0.936. The van der Waals surface area contributed by atoms with E-state index in [9.17, 15) is 4.79 Å². The van der Waals surface area contributed by atoms with Crippen molar-refractivity contribution in [2.24, 2.45) is 0 Å². The van der Waals surface area contributed by atoms with Gasteiger partial charge in [0.15, 0.2) is 0 Å². The Labute approximate surface area is 80.7 Å². The molecular weight excluding hydrogens is 186 g/mol. The lowest BCUT2D eigenvalue weighted by atomic mass is 10.2. The number of hydrogen-bond acceptors (Lipinski definition) is 3. The van der Waals surface area contributed by atoms with Crippen LogP contribution in [0.25, 0.3) is 0 Å². The lowest BCUT2D eigenvalue weighted by Gasteiger charge is -1.98. The molecule has 0 fully saturated rings. The third-order valence-corrected chi connectivity index (χ3v) is 2.51. The van der Waals surface area contributed by atoms with Crippen LogP contribution >= 0.6 is 11.3 Å². The zero-order valence-electron chi connectivity index (χ0n) is 7.28. The van der Waals surface area contributed by atoms with Gasteiger partial charge in [-0.3, -0.25) is 0 Å². The van der Waals surface area contributed by atoms with Crippen molar-refractivity contribution >= 4 is 17.3 Å². The molecule has 0 bridgehead atoms. The molecule has 1 heterocycles. The molecule has 0 aliphatic carbocycles. The highest BCUT2D eigenvalue weighted by atomic mass is 32.1. The zero-order valence-corrected chi connectivity index (χ0v) is 8.10. The molecule has 2 N–H and O–H groups in total. The number of rotatable bonds is 4. The van der Waals surface area contributed by atoms with E-state index in [0.29, 0.717) is 6.54 Å². The molecule has 0 saturated carbocycles. The van der Waals surface area contributed by atoms with Gasteiger partial charge in [-0.1, -0.05) is 0 Å². The fraction of sp³-hybridized carbons (Fsp3) is 0.222. The number of hydrogen-bond donors (Lipinski definition) is 2. The van der Waals surface area contributed by atoms with Crippen LogP contribution in [0, 0.1) is 6.92 Å². The van der Waals surface area contributed by atoms with Crippen molar-refractivity contribution in [1.82, 2.24) is 5.32 Å². The van der Waals surface area contributed by atoms with E-state index in [-0.39, 0.29) is 0 Å². The standard InChI is InChI=1S/C9H11NO2S/c1-7-5-13-6-8(7)4-10-3-2-9(11)12/h2-3,5-6,10H,4H2,1H3,(H,11,12)/b3-2+. The molecule has 0 saturated heterocycles. The minimum Gasteiger partial charge on any atom is -0.478 e. The van der Waals surface area contributed by atoms with Crippen molar-refractivity contribution in [3.05, 3.63) is 34.2 Å². The first-order chi connectivity index (χ1) is 6.20. The van der Waals surface area contributed by atoms with Gasteiger partial charge in [0.2, 0.25) is 0 Å². The van der Waals surface area contributed by atoms with E-state index in [1.165, 1.54) is 17.3 Å². The first-order valence-corrected chi connectivity index (χ1v) is 4.79. The van der Waals surface area contributed by atoms with Crippen molar-refractivity contribution in [2.45, 2.75) is 13.5 Å². The maximum absolute atomic E-state index is 10.1. The van der Waals surface area contributed by atoms with E-state index >= 15 is 0 Å². The summed E-state index contributed by atoms with van der Waals surface area (Å²) >= 11 is 1.65. The maximum atomic E-state index is 10.1. The molecule has 4 heteroatoms. The second kappa shape index (κ2) is 4.67. The number of carbonyl (C=O) groups is 1. The largest absolute Gasteiger partial charge is 0.478 e. The highest BCUT2D eigenvalue weighted by Gasteiger charge is 1.96. The van der Waals surface area contributed by atoms with Gasteiger partial charge in [0.05, 0.1) is 0 Å². The van der Waals surface area contributed by atoms with Gasteiger partial charge in [-0.2, -0.15) is 11.3 Å². The van der Waals surface area contributed by atoms with Crippen molar-refractivity contribution in [3.8, 4) is 0 Å². The van der Waals surface area contributed by atoms with E-state index in [4.69, 9.17) is 5.11 Å². The van der Waals surface area contributed by atoms with Gasteiger partial charge in [-0.15, -0.1) is 0 Å². The first kappa shape index (κ1) is 9.80. The molecule has 0 amide bonds. The normalized spacial score (nSPS) is 10.5. The van der Waals surface area contributed by atoms with Crippen LogP contribution in [-0.2, 0) is 11.3 Å². The zero-order chi connectivity index (χ0) is 9.68. The summed E-state index contributed by atoms with van der Waals surface area (Å²) in [4.78, 5) is 10.1. The number of nitrogens with one attached hydrogen (secondary N) is 1. The lowest BCUT2D eigenvalue weighted by Crippen LogP contribution is -2.05. The molecule has 0 radical (unpaired) electrons. The third-order valence-electron chi connectivity index (χ3n) is 1.60. The molecule has 0 aliphatic rings. The number of carboxylic acid groups (broad SMARTS) is 1. The Hall–Kier alpha value is -1.29. The molecule has 0 spiro atoms. The minimum absolute atomic E-state index is 0.680. The van der Waals surface area contributed by atoms with E-state index in [1.807, 2.05) is 6.92 Å². The van der Waals surface area contributed by atoms with Crippen LogP contribution in [0.3, 0.4) is 0 Å². The minimum atomic E-state index is -0.936.